The van der Waals surface area contributed by atoms with Gasteiger partial charge in [-0.15, -0.1) is 11.6 Å². The number of imidazole rings is 1. The predicted molar refractivity (Wildman–Crippen MR) is 65.6 cm³/mol. The Labute approximate surface area is 96.8 Å². The van der Waals surface area contributed by atoms with Gasteiger partial charge in [0.2, 0.25) is 5.95 Å². The molecule has 0 radical (unpaired) electrons. The molecule has 0 bridgehead atoms. The van der Waals surface area contributed by atoms with Gasteiger partial charge in [0.15, 0.2) is 0 Å². The van der Waals surface area contributed by atoms with Crippen LogP contribution >= 0.6 is 11.6 Å². The molecule has 1 rings (SSSR count). The molecule has 1 aromatic heterocycles. The summed E-state index contributed by atoms with van der Waals surface area (Å²) in [5.41, 5.74) is -0.0279. The minimum absolute atomic E-state index is 0.0279. The van der Waals surface area contributed by atoms with E-state index in [-0.39, 0.29) is 5.54 Å². The van der Waals surface area contributed by atoms with E-state index in [1.165, 1.54) is 0 Å². The molecule has 1 heterocycles. The van der Waals surface area contributed by atoms with Gasteiger partial charge in [-0.1, -0.05) is 13.8 Å². The summed E-state index contributed by atoms with van der Waals surface area (Å²) >= 11 is 6.04. The van der Waals surface area contributed by atoms with Crippen LogP contribution in [0, 0.1) is 0 Å². The molecule has 0 aliphatic heterocycles. The zero-order chi connectivity index (χ0) is 11.3. The third kappa shape index (κ3) is 2.65. The number of nitrogens with one attached hydrogen (secondary N) is 1. The minimum Gasteiger partial charge on any atom is -0.349 e. The quantitative estimate of drug-likeness (QED) is 0.760. The van der Waals surface area contributed by atoms with Crippen LogP contribution < -0.4 is 5.32 Å². The Hall–Kier alpha value is -0.700. The number of nitrogens with zero attached hydrogens (tertiary/aromatic N) is 2. The Kier molecular flexibility index (Phi) is 4.45. The molecular formula is C11H20ClN3. The number of aromatic nitrogens is 2. The fraction of sp³-hybridized carbons (Fsp3) is 0.727. The average molecular weight is 230 g/mol. The number of halogens is 1. The van der Waals surface area contributed by atoms with Crippen LogP contribution in [0.1, 0.15) is 33.6 Å². The fourth-order valence-electron chi connectivity index (χ4n) is 1.57. The van der Waals surface area contributed by atoms with E-state index < -0.39 is 0 Å². The van der Waals surface area contributed by atoms with Crippen molar-refractivity contribution >= 4 is 17.5 Å². The topological polar surface area (TPSA) is 29.9 Å². The highest BCUT2D eigenvalue weighted by atomic mass is 35.5. The summed E-state index contributed by atoms with van der Waals surface area (Å²) in [7, 11) is 0. The van der Waals surface area contributed by atoms with Crippen molar-refractivity contribution in [3.8, 4) is 0 Å². The molecule has 3 nitrogen and oxygen atoms in total. The van der Waals surface area contributed by atoms with E-state index in [0.29, 0.717) is 5.88 Å². The average Bonchev–Trinajstić information content (AvgIpc) is 2.73. The van der Waals surface area contributed by atoms with Crippen molar-refractivity contribution in [1.29, 1.82) is 0 Å². The van der Waals surface area contributed by atoms with Crippen LogP contribution in [0.3, 0.4) is 0 Å². The second-order valence-electron chi connectivity index (χ2n) is 3.78. The van der Waals surface area contributed by atoms with Gasteiger partial charge in [-0.25, -0.2) is 4.98 Å². The first-order valence-electron chi connectivity index (χ1n) is 5.56. The van der Waals surface area contributed by atoms with Gasteiger partial charge < -0.3 is 9.88 Å². The smallest absolute Gasteiger partial charge is 0.203 e. The van der Waals surface area contributed by atoms with Crippen LogP contribution in [0.2, 0.25) is 0 Å². The van der Waals surface area contributed by atoms with Crippen molar-refractivity contribution in [3.05, 3.63) is 12.4 Å². The Bertz CT molecular complexity index is 284. The molecule has 0 aromatic carbocycles. The normalized spacial score (nSPS) is 11.7. The Morgan fingerprint density at radius 2 is 2.07 bits per heavy atom. The number of hydrogen-bond donors (Lipinski definition) is 1. The molecule has 0 saturated carbocycles. The molecule has 4 heteroatoms. The summed E-state index contributed by atoms with van der Waals surface area (Å²) in [6, 6.07) is 0. The second kappa shape index (κ2) is 5.40. The standard InChI is InChI=1S/C11H20ClN3/c1-4-11(5-2,9-12)14-10-13-7-8-15(10)6-3/h7-8H,4-6,9H2,1-3H3,(H,13,14). The van der Waals surface area contributed by atoms with Gasteiger partial charge in [0.05, 0.1) is 5.54 Å². The van der Waals surface area contributed by atoms with Gasteiger partial charge in [-0.2, -0.15) is 0 Å². The van der Waals surface area contributed by atoms with Gasteiger partial charge in [-0.3, -0.25) is 0 Å². The predicted octanol–water partition coefficient (Wildman–Crippen LogP) is 3.11. The molecule has 15 heavy (non-hydrogen) atoms. The van der Waals surface area contributed by atoms with E-state index in [2.05, 4.69) is 35.6 Å². The molecule has 0 aliphatic rings. The van der Waals surface area contributed by atoms with E-state index in [1.54, 1.807) is 0 Å². The molecule has 0 aliphatic carbocycles. The molecule has 0 spiro atoms. The summed E-state index contributed by atoms with van der Waals surface area (Å²) in [5, 5.41) is 3.46. The van der Waals surface area contributed by atoms with Crippen LogP contribution in [-0.2, 0) is 6.54 Å². The molecule has 0 fully saturated rings. The first-order chi connectivity index (χ1) is 7.21. The third-order valence-corrected chi connectivity index (χ3v) is 3.55. The van der Waals surface area contributed by atoms with Crippen LogP contribution in [0.25, 0.3) is 0 Å². The lowest BCUT2D eigenvalue weighted by Gasteiger charge is -2.31. The molecule has 0 unspecified atom stereocenters. The van der Waals surface area contributed by atoms with Crippen molar-refractivity contribution in [1.82, 2.24) is 9.55 Å². The summed E-state index contributed by atoms with van der Waals surface area (Å²) < 4.78 is 2.09. The number of anilines is 1. The second-order valence-corrected chi connectivity index (χ2v) is 4.05. The van der Waals surface area contributed by atoms with Gasteiger partial charge >= 0.3 is 0 Å². The largest absolute Gasteiger partial charge is 0.349 e. The number of alkyl halides is 1. The van der Waals surface area contributed by atoms with E-state index in [4.69, 9.17) is 11.6 Å². The van der Waals surface area contributed by atoms with E-state index in [0.717, 1.165) is 25.3 Å². The molecule has 0 amide bonds. The minimum atomic E-state index is -0.0279. The highest BCUT2D eigenvalue weighted by Crippen LogP contribution is 2.22. The van der Waals surface area contributed by atoms with Gasteiger partial charge in [0.25, 0.3) is 0 Å². The summed E-state index contributed by atoms with van der Waals surface area (Å²) in [5.74, 6) is 1.53. The Morgan fingerprint density at radius 3 is 2.53 bits per heavy atom. The van der Waals surface area contributed by atoms with E-state index >= 15 is 0 Å². The molecular weight excluding hydrogens is 210 g/mol. The lowest BCUT2D eigenvalue weighted by atomic mass is 9.95. The summed E-state index contributed by atoms with van der Waals surface area (Å²) in [4.78, 5) is 4.31. The van der Waals surface area contributed by atoms with Crippen LogP contribution in [-0.4, -0.2) is 21.0 Å². The first-order valence-corrected chi connectivity index (χ1v) is 6.10. The van der Waals surface area contributed by atoms with Crippen LogP contribution in [0.5, 0.6) is 0 Å². The fourth-order valence-corrected chi connectivity index (χ4v) is 2.02. The van der Waals surface area contributed by atoms with E-state index in [9.17, 15) is 0 Å². The maximum absolute atomic E-state index is 6.04. The van der Waals surface area contributed by atoms with Crippen molar-refractivity contribution < 1.29 is 0 Å². The van der Waals surface area contributed by atoms with Crippen LogP contribution in [0.4, 0.5) is 5.95 Å². The van der Waals surface area contributed by atoms with Crippen molar-refractivity contribution in [2.45, 2.75) is 45.7 Å². The molecule has 0 atom stereocenters. The van der Waals surface area contributed by atoms with Gasteiger partial charge in [0.1, 0.15) is 0 Å². The van der Waals surface area contributed by atoms with Crippen molar-refractivity contribution in [3.63, 3.8) is 0 Å². The monoisotopic (exact) mass is 229 g/mol. The Balaban J connectivity index is 2.82. The summed E-state index contributed by atoms with van der Waals surface area (Å²) in [6.45, 7) is 7.33. The van der Waals surface area contributed by atoms with Gasteiger partial charge in [-0.05, 0) is 19.8 Å². The zero-order valence-corrected chi connectivity index (χ0v) is 10.5. The maximum Gasteiger partial charge on any atom is 0.203 e. The molecule has 0 saturated heterocycles. The number of aryl methyl sites for hydroxylation is 1. The van der Waals surface area contributed by atoms with E-state index in [1.807, 2.05) is 12.4 Å². The third-order valence-electron chi connectivity index (χ3n) is 3.04. The SMILES string of the molecule is CCn1ccnc1NC(CC)(CC)CCl. The lowest BCUT2D eigenvalue weighted by Crippen LogP contribution is -2.40. The molecule has 1 N–H and O–H groups in total. The maximum atomic E-state index is 6.04. The first kappa shape index (κ1) is 12.4. The molecule has 86 valence electrons. The molecule has 1 aromatic rings. The van der Waals surface area contributed by atoms with Gasteiger partial charge in [0, 0.05) is 24.8 Å². The van der Waals surface area contributed by atoms with Crippen molar-refractivity contribution in [2.75, 3.05) is 11.2 Å². The highest BCUT2D eigenvalue weighted by molar-refractivity contribution is 6.18. The number of hydrogen-bond acceptors (Lipinski definition) is 2. The lowest BCUT2D eigenvalue weighted by molar-refractivity contribution is 0.477. The van der Waals surface area contributed by atoms with Crippen LogP contribution in [0.15, 0.2) is 12.4 Å². The summed E-state index contributed by atoms with van der Waals surface area (Å²) in [6.07, 6.45) is 5.80. The number of rotatable bonds is 6. The zero-order valence-electron chi connectivity index (χ0n) is 9.76. The Morgan fingerprint density at radius 1 is 1.40 bits per heavy atom. The van der Waals surface area contributed by atoms with Crippen molar-refractivity contribution in [2.24, 2.45) is 0 Å². The highest BCUT2D eigenvalue weighted by Gasteiger charge is 2.26.